The molecule has 1 heterocycles. The highest BCUT2D eigenvalue weighted by Crippen LogP contribution is 2.26. The smallest absolute Gasteiger partial charge is 0.188 e. The van der Waals surface area contributed by atoms with E-state index in [0.29, 0.717) is 16.3 Å². The van der Waals surface area contributed by atoms with Gasteiger partial charge < -0.3 is 10.9 Å². The van der Waals surface area contributed by atoms with Gasteiger partial charge >= 0.3 is 0 Å². The second-order valence-electron chi connectivity index (χ2n) is 4.51. The molecule has 1 aromatic heterocycles. The van der Waals surface area contributed by atoms with Crippen molar-refractivity contribution < 1.29 is 5.21 Å². The molecule has 2 rings (SSSR count). The predicted octanol–water partition coefficient (Wildman–Crippen LogP) is 3.13. The van der Waals surface area contributed by atoms with Crippen LogP contribution in [0.5, 0.6) is 0 Å². The van der Waals surface area contributed by atoms with E-state index in [0.717, 1.165) is 22.1 Å². The van der Waals surface area contributed by atoms with Crippen LogP contribution >= 0.6 is 23.4 Å². The van der Waals surface area contributed by atoms with E-state index in [-0.39, 0.29) is 5.84 Å². The summed E-state index contributed by atoms with van der Waals surface area (Å²) in [4.78, 5) is 8.75. The molecule has 110 valence electrons. The minimum atomic E-state index is 0.0359. The number of thioether (sulfide) groups is 1. The molecule has 0 amide bonds. The van der Waals surface area contributed by atoms with Gasteiger partial charge in [-0.3, -0.25) is 0 Å². The van der Waals surface area contributed by atoms with E-state index in [2.05, 4.69) is 15.1 Å². The third-order valence-electron chi connectivity index (χ3n) is 2.78. The summed E-state index contributed by atoms with van der Waals surface area (Å²) in [5, 5.41) is 12.9. The van der Waals surface area contributed by atoms with Crippen molar-refractivity contribution in [3.63, 3.8) is 0 Å². The van der Waals surface area contributed by atoms with Crippen molar-refractivity contribution in [2.24, 2.45) is 10.9 Å². The molecule has 5 nitrogen and oxygen atoms in total. The van der Waals surface area contributed by atoms with Crippen LogP contribution in [0.1, 0.15) is 22.5 Å². The van der Waals surface area contributed by atoms with Crippen molar-refractivity contribution in [2.45, 2.75) is 24.8 Å². The van der Waals surface area contributed by atoms with Crippen LogP contribution in [-0.4, -0.2) is 21.0 Å². The van der Waals surface area contributed by atoms with Gasteiger partial charge in [0.15, 0.2) is 11.0 Å². The fraction of sp³-hybridized carbons (Fsp3) is 0.214. The molecular weight excluding hydrogens is 308 g/mol. The number of hydrogen-bond acceptors (Lipinski definition) is 5. The second-order valence-corrected chi connectivity index (χ2v) is 5.86. The molecule has 0 saturated heterocycles. The monoisotopic (exact) mass is 322 g/mol. The lowest BCUT2D eigenvalue weighted by Gasteiger charge is -2.07. The van der Waals surface area contributed by atoms with E-state index in [9.17, 15) is 0 Å². The Labute approximate surface area is 132 Å². The van der Waals surface area contributed by atoms with Gasteiger partial charge in [-0.05, 0) is 31.5 Å². The summed E-state index contributed by atoms with van der Waals surface area (Å²) in [6, 6.07) is 7.22. The maximum atomic E-state index is 8.65. The lowest BCUT2D eigenvalue weighted by Crippen LogP contribution is -2.13. The Balaban J connectivity index is 2.13. The first-order valence-corrected chi connectivity index (χ1v) is 7.57. The first-order chi connectivity index (χ1) is 9.99. The molecule has 0 bridgehead atoms. The third-order valence-corrected chi connectivity index (χ3v) is 4.02. The number of oxime groups is 1. The SMILES string of the molecule is Cc1cc(C)nc(SCc2ccc(/C(N)=N/O)cc2Cl)n1. The molecule has 21 heavy (non-hydrogen) atoms. The lowest BCUT2D eigenvalue weighted by molar-refractivity contribution is 0.318. The molecule has 0 radical (unpaired) electrons. The molecule has 2 aromatic rings. The van der Waals surface area contributed by atoms with Crippen LogP contribution in [0.4, 0.5) is 0 Å². The van der Waals surface area contributed by atoms with E-state index in [1.54, 1.807) is 12.1 Å². The van der Waals surface area contributed by atoms with Crippen molar-refractivity contribution in [2.75, 3.05) is 0 Å². The average molecular weight is 323 g/mol. The Morgan fingerprint density at radius 2 is 1.95 bits per heavy atom. The van der Waals surface area contributed by atoms with Crippen LogP contribution in [0, 0.1) is 13.8 Å². The molecule has 7 heteroatoms. The van der Waals surface area contributed by atoms with Gasteiger partial charge in [0.05, 0.1) is 0 Å². The van der Waals surface area contributed by atoms with E-state index in [1.807, 2.05) is 26.0 Å². The number of hydrogen-bond donors (Lipinski definition) is 2. The normalized spacial score (nSPS) is 11.7. The molecule has 3 N–H and O–H groups in total. The summed E-state index contributed by atoms with van der Waals surface area (Å²) >= 11 is 7.73. The maximum Gasteiger partial charge on any atom is 0.188 e. The first-order valence-electron chi connectivity index (χ1n) is 6.21. The number of rotatable bonds is 4. The summed E-state index contributed by atoms with van der Waals surface area (Å²) in [7, 11) is 0. The molecule has 0 aliphatic carbocycles. The minimum Gasteiger partial charge on any atom is -0.409 e. The van der Waals surface area contributed by atoms with Crippen LogP contribution in [0.25, 0.3) is 0 Å². The van der Waals surface area contributed by atoms with Crippen molar-refractivity contribution in [3.05, 3.63) is 51.8 Å². The fourth-order valence-electron chi connectivity index (χ4n) is 1.78. The number of aryl methyl sites for hydroxylation is 2. The minimum absolute atomic E-state index is 0.0359. The van der Waals surface area contributed by atoms with Crippen LogP contribution in [0.2, 0.25) is 5.02 Å². The number of amidine groups is 1. The van der Waals surface area contributed by atoms with Crippen LogP contribution in [0.3, 0.4) is 0 Å². The van der Waals surface area contributed by atoms with Gasteiger partial charge in [0.25, 0.3) is 0 Å². The van der Waals surface area contributed by atoms with E-state index >= 15 is 0 Å². The average Bonchev–Trinajstić information content (AvgIpc) is 2.44. The molecule has 0 spiro atoms. The Morgan fingerprint density at radius 1 is 1.29 bits per heavy atom. The highest BCUT2D eigenvalue weighted by Gasteiger charge is 2.07. The molecule has 0 aliphatic rings. The molecule has 0 atom stereocenters. The molecule has 0 saturated carbocycles. The number of halogens is 1. The molecule has 0 aliphatic heterocycles. The van der Waals surface area contributed by atoms with Gasteiger partial charge in [-0.15, -0.1) is 0 Å². The Bertz CT molecular complexity index is 670. The summed E-state index contributed by atoms with van der Waals surface area (Å²) in [5.41, 5.74) is 8.94. The molecule has 1 aromatic carbocycles. The Morgan fingerprint density at radius 3 is 2.52 bits per heavy atom. The van der Waals surface area contributed by atoms with E-state index in [4.69, 9.17) is 22.5 Å². The van der Waals surface area contributed by atoms with E-state index in [1.165, 1.54) is 11.8 Å². The first kappa shape index (κ1) is 15.6. The zero-order chi connectivity index (χ0) is 15.4. The molecule has 0 fully saturated rings. The van der Waals surface area contributed by atoms with Crippen LogP contribution in [0.15, 0.2) is 34.6 Å². The number of nitrogens with zero attached hydrogens (tertiary/aromatic N) is 3. The van der Waals surface area contributed by atoms with Crippen molar-refractivity contribution in [3.8, 4) is 0 Å². The Hall–Kier alpha value is -1.79. The summed E-state index contributed by atoms with van der Waals surface area (Å²) in [5.74, 6) is 0.687. The fourth-order valence-corrected chi connectivity index (χ4v) is 3.06. The number of benzene rings is 1. The van der Waals surface area contributed by atoms with Gasteiger partial charge in [-0.25, -0.2) is 9.97 Å². The molecule has 0 unspecified atom stereocenters. The van der Waals surface area contributed by atoms with E-state index < -0.39 is 0 Å². The third kappa shape index (κ3) is 4.09. The predicted molar refractivity (Wildman–Crippen MR) is 85.0 cm³/mol. The summed E-state index contributed by atoms with van der Waals surface area (Å²) in [6.07, 6.45) is 0. The summed E-state index contributed by atoms with van der Waals surface area (Å²) < 4.78 is 0. The summed E-state index contributed by atoms with van der Waals surface area (Å²) in [6.45, 7) is 3.88. The van der Waals surface area contributed by atoms with Gasteiger partial charge in [-0.1, -0.05) is 40.7 Å². The van der Waals surface area contributed by atoms with Gasteiger partial charge in [0, 0.05) is 27.7 Å². The number of aromatic nitrogens is 2. The van der Waals surface area contributed by atoms with Gasteiger partial charge in [0.1, 0.15) is 0 Å². The lowest BCUT2D eigenvalue weighted by atomic mass is 10.1. The van der Waals surface area contributed by atoms with Crippen molar-refractivity contribution >= 4 is 29.2 Å². The molecular formula is C14H15ClN4OS. The standard InChI is InChI=1S/C14H15ClN4OS/c1-8-5-9(2)18-14(17-8)21-7-11-4-3-10(6-12(11)15)13(16)19-20/h3-6,20H,7H2,1-2H3,(H2,16,19). The zero-order valence-electron chi connectivity index (χ0n) is 11.7. The zero-order valence-corrected chi connectivity index (χ0v) is 13.2. The van der Waals surface area contributed by atoms with Crippen molar-refractivity contribution in [1.82, 2.24) is 9.97 Å². The van der Waals surface area contributed by atoms with Crippen LogP contribution < -0.4 is 5.73 Å². The van der Waals surface area contributed by atoms with Crippen molar-refractivity contribution in [1.29, 1.82) is 0 Å². The van der Waals surface area contributed by atoms with Gasteiger partial charge in [0.2, 0.25) is 0 Å². The Kier molecular flexibility index (Phi) is 5.03. The highest BCUT2D eigenvalue weighted by atomic mass is 35.5. The second kappa shape index (κ2) is 6.78. The maximum absolute atomic E-state index is 8.65. The quantitative estimate of drug-likeness (QED) is 0.225. The van der Waals surface area contributed by atoms with Gasteiger partial charge in [-0.2, -0.15) is 0 Å². The number of nitrogens with two attached hydrogens (primary N) is 1. The largest absolute Gasteiger partial charge is 0.409 e. The topological polar surface area (TPSA) is 84.4 Å². The highest BCUT2D eigenvalue weighted by molar-refractivity contribution is 7.98. The van der Waals surface area contributed by atoms with Crippen LogP contribution in [-0.2, 0) is 5.75 Å².